The summed E-state index contributed by atoms with van der Waals surface area (Å²) in [5, 5.41) is 0.943. The van der Waals surface area contributed by atoms with E-state index in [4.69, 9.17) is 0 Å². The molecule has 0 bridgehead atoms. The van der Waals surface area contributed by atoms with Crippen molar-refractivity contribution < 1.29 is 4.48 Å². The molecule has 2 heteroatoms. The second-order valence-corrected chi connectivity index (χ2v) is 5.77. The molecule has 1 aromatic rings. The van der Waals surface area contributed by atoms with Gasteiger partial charge in [-0.15, -0.1) is 9.60 Å². The van der Waals surface area contributed by atoms with E-state index in [1.807, 2.05) is 31.2 Å². The van der Waals surface area contributed by atoms with E-state index >= 15 is 0 Å². The Balaban J connectivity index is 2.44. The Morgan fingerprint density at radius 1 is 1.25 bits per heavy atom. The lowest BCUT2D eigenvalue weighted by Gasteiger charge is -2.20. The summed E-state index contributed by atoms with van der Waals surface area (Å²) in [5.41, 5.74) is 3.49. The Morgan fingerprint density at radius 2 is 1.90 bits per heavy atom. The fourth-order valence-electron chi connectivity index (χ4n) is 2.44. The van der Waals surface area contributed by atoms with Gasteiger partial charge in [-0.2, -0.15) is 0 Å². The van der Waals surface area contributed by atoms with Gasteiger partial charge in [0.2, 0.25) is 0 Å². The zero-order chi connectivity index (χ0) is 15.0. The summed E-state index contributed by atoms with van der Waals surface area (Å²) in [4.78, 5) is 0. The second kappa shape index (κ2) is 8.91. The van der Waals surface area contributed by atoms with Gasteiger partial charge in [0.1, 0.15) is 0 Å². The van der Waals surface area contributed by atoms with Crippen molar-refractivity contribution >= 4 is 0 Å². The van der Waals surface area contributed by atoms with E-state index in [0.717, 1.165) is 36.4 Å². The lowest BCUT2D eigenvalue weighted by molar-refractivity contribution is -0.00137. The number of halogens is 1. The van der Waals surface area contributed by atoms with E-state index in [1.165, 1.54) is 11.1 Å². The summed E-state index contributed by atoms with van der Waals surface area (Å²) >= 11 is 0. The topological polar surface area (TPSA) is 3.24 Å². The smallest absolute Gasteiger partial charge is 0.0541 e. The van der Waals surface area contributed by atoms with Gasteiger partial charge >= 0.3 is 0 Å². The van der Waals surface area contributed by atoms with Gasteiger partial charge in [-0.25, -0.2) is 0 Å². The van der Waals surface area contributed by atoms with Crippen molar-refractivity contribution in [2.24, 2.45) is 5.92 Å². The van der Waals surface area contributed by atoms with Crippen molar-refractivity contribution in [3.8, 4) is 0 Å². The molecule has 0 aromatic heterocycles. The van der Waals surface area contributed by atoms with Gasteiger partial charge in [0, 0.05) is 6.54 Å². The summed E-state index contributed by atoms with van der Waals surface area (Å²) in [6.45, 7) is 11.3. The lowest BCUT2D eigenvalue weighted by Crippen LogP contribution is -2.22. The molecule has 0 saturated heterocycles. The number of nitrogens with zero attached hydrogens (tertiary/aromatic N) is 1. The van der Waals surface area contributed by atoms with Crippen molar-refractivity contribution in [2.45, 2.75) is 53.0 Å². The zero-order valence-electron chi connectivity index (χ0n) is 13.2. The van der Waals surface area contributed by atoms with Crippen LogP contribution in [0.15, 0.2) is 36.4 Å². The van der Waals surface area contributed by atoms with Crippen molar-refractivity contribution in [3.63, 3.8) is 0 Å². The van der Waals surface area contributed by atoms with Crippen LogP contribution in [0.1, 0.15) is 50.7 Å². The van der Waals surface area contributed by atoms with Gasteiger partial charge in [0.15, 0.2) is 0 Å². The van der Waals surface area contributed by atoms with E-state index in [1.54, 1.807) is 0 Å². The highest BCUT2D eigenvalue weighted by Crippen LogP contribution is 2.20. The summed E-state index contributed by atoms with van der Waals surface area (Å²) in [5.74, 6) is 0.365. The molecule has 1 unspecified atom stereocenters. The minimum atomic E-state index is 0.365. The number of hydrogen-bond acceptors (Lipinski definition) is 1. The summed E-state index contributed by atoms with van der Waals surface area (Å²) in [7, 11) is 0. The third kappa shape index (κ3) is 6.33. The van der Waals surface area contributed by atoms with Crippen LogP contribution in [0, 0.1) is 12.8 Å². The zero-order valence-corrected chi connectivity index (χ0v) is 13.2. The summed E-state index contributed by atoms with van der Waals surface area (Å²) in [6, 6.07) is 8.06. The maximum atomic E-state index is 14.1. The van der Waals surface area contributed by atoms with E-state index in [2.05, 4.69) is 20.4 Å². The molecule has 0 radical (unpaired) electrons. The molecule has 0 heterocycles. The maximum Gasteiger partial charge on any atom is 0.0541 e. The summed E-state index contributed by atoms with van der Waals surface area (Å²) in [6.07, 6.45) is 4.12. The van der Waals surface area contributed by atoms with Crippen molar-refractivity contribution in [1.82, 2.24) is 5.12 Å². The monoisotopic (exact) mass is 277 g/mol. The average Bonchev–Trinajstić information content (AvgIpc) is 2.41. The molecule has 0 aliphatic carbocycles. The fourth-order valence-corrected chi connectivity index (χ4v) is 2.44. The number of hydrogen-bond donors (Lipinski definition) is 0. The number of rotatable bonds is 9. The fraction of sp³-hybridized carbons (Fsp3) is 0.556. The third-order valence-corrected chi connectivity index (χ3v) is 3.69. The first kappa shape index (κ1) is 16.9. The van der Waals surface area contributed by atoms with Crippen molar-refractivity contribution in [2.75, 3.05) is 6.54 Å². The molecule has 0 amide bonds. The average molecular weight is 277 g/mol. The molecule has 0 fully saturated rings. The van der Waals surface area contributed by atoms with E-state index < -0.39 is 0 Å². The standard InChI is InChI=1S/C18H28FN/c1-5-7-16(4)12-17(6-2)13-20(19)14-18-10-8-15(3)9-11-18/h8-11,17H,4-7,12-14H2,1-3H3. The van der Waals surface area contributed by atoms with Crippen LogP contribution in [0.2, 0.25) is 0 Å². The van der Waals surface area contributed by atoms with Gasteiger partial charge in [0.25, 0.3) is 0 Å². The third-order valence-electron chi connectivity index (χ3n) is 3.69. The van der Waals surface area contributed by atoms with Crippen LogP contribution in [0.5, 0.6) is 0 Å². The number of benzene rings is 1. The summed E-state index contributed by atoms with van der Waals surface area (Å²) < 4.78 is 14.1. The molecular formula is C18H28FN. The van der Waals surface area contributed by atoms with Crippen LogP contribution in [0.4, 0.5) is 4.48 Å². The SMILES string of the molecule is C=C(CCC)CC(CC)CN(F)Cc1ccc(C)cc1. The molecule has 1 atom stereocenters. The van der Waals surface area contributed by atoms with E-state index in [9.17, 15) is 4.48 Å². The highest BCUT2D eigenvalue weighted by Gasteiger charge is 2.14. The van der Waals surface area contributed by atoms with Crippen LogP contribution in [0.3, 0.4) is 0 Å². The molecule has 1 aromatic carbocycles. The highest BCUT2D eigenvalue weighted by atomic mass is 19.2. The van der Waals surface area contributed by atoms with E-state index in [0.29, 0.717) is 19.0 Å². The Morgan fingerprint density at radius 3 is 2.45 bits per heavy atom. The van der Waals surface area contributed by atoms with Gasteiger partial charge in [-0.05, 0) is 31.2 Å². The predicted molar refractivity (Wildman–Crippen MR) is 85.1 cm³/mol. The first-order chi connectivity index (χ1) is 9.55. The number of aryl methyl sites for hydroxylation is 1. The van der Waals surface area contributed by atoms with Crippen molar-refractivity contribution in [3.05, 3.63) is 47.5 Å². The Kier molecular flexibility index (Phi) is 7.53. The minimum absolute atomic E-state index is 0.365. The Hall–Kier alpha value is -1.15. The quantitative estimate of drug-likeness (QED) is 0.428. The molecular weight excluding hydrogens is 249 g/mol. The molecule has 112 valence electrons. The van der Waals surface area contributed by atoms with Crippen LogP contribution < -0.4 is 0 Å². The first-order valence-corrected chi connectivity index (χ1v) is 7.68. The van der Waals surface area contributed by atoms with Crippen molar-refractivity contribution in [1.29, 1.82) is 0 Å². The molecule has 0 spiro atoms. The van der Waals surface area contributed by atoms with E-state index in [-0.39, 0.29) is 0 Å². The molecule has 0 aliphatic heterocycles. The number of allylic oxidation sites excluding steroid dienone is 1. The molecule has 20 heavy (non-hydrogen) atoms. The van der Waals surface area contributed by atoms with Gasteiger partial charge in [-0.1, -0.05) is 68.7 Å². The normalized spacial score (nSPS) is 12.7. The highest BCUT2D eigenvalue weighted by molar-refractivity contribution is 5.20. The van der Waals surface area contributed by atoms with Gasteiger partial charge < -0.3 is 0 Å². The maximum absolute atomic E-state index is 14.1. The Bertz CT molecular complexity index is 396. The van der Waals surface area contributed by atoms with Crippen LogP contribution in [0.25, 0.3) is 0 Å². The van der Waals surface area contributed by atoms with Gasteiger partial charge in [0.05, 0.1) is 6.54 Å². The molecule has 0 saturated carbocycles. The Labute approximate surface area is 123 Å². The van der Waals surface area contributed by atoms with Crippen LogP contribution in [-0.2, 0) is 6.54 Å². The second-order valence-electron chi connectivity index (χ2n) is 5.77. The van der Waals surface area contributed by atoms with Crippen LogP contribution in [-0.4, -0.2) is 11.7 Å². The molecule has 1 rings (SSSR count). The van der Waals surface area contributed by atoms with Gasteiger partial charge in [-0.3, -0.25) is 0 Å². The predicted octanol–water partition coefficient (Wildman–Crippen LogP) is 5.45. The largest absolute Gasteiger partial charge is 0.142 e. The molecule has 0 N–H and O–H groups in total. The van der Waals surface area contributed by atoms with Crippen LogP contribution >= 0.6 is 0 Å². The molecule has 0 aliphatic rings. The minimum Gasteiger partial charge on any atom is -0.142 e. The molecule has 1 nitrogen and oxygen atoms in total. The first-order valence-electron chi connectivity index (χ1n) is 7.68. The lowest BCUT2D eigenvalue weighted by atomic mass is 9.95.